The first-order valence-electron chi connectivity index (χ1n) is 5.53. The lowest BCUT2D eigenvalue weighted by Gasteiger charge is -2.10. The average molecular weight is 312 g/mol. The van der Waals surface area contributed by atoms with Crippen molar-refractivity contribution in [1.82, 2.24) is 0 Å². The smallest absolute Gasteiger partial charge is 0.339 e. The number of carboxylic acids is 1. The SMILES string of the molecule is O=C(O)c1cccc(F)c1Oc1ccc(Cl)cc1[N+](=O)[O-]. The molecule has 0 spiro atoms. The topological polar surface area (TPSA) is 89.7 Å². The summed E-state index contributed by atoms with van der Waals surface area (Å²) in [5.41, 5.74) is -0.943. The molecule has 0 fully saturated rings. The highest BCUT2D eigenvalue weighted by molar-refractivity contribution is 6.30. The summed E-state index contributed by atoms with van der Waals surface area (Å²) in [4.78, 5) is 21.2. The van der Waals surface area contributed by atoms with Crippen LogP contribution in [0.1, 0.15) is 10.4 Å². The summed E-state index contributed by atoms with van der Waals surface area (Å²) in [5, 5.41) is 20.0. The Labute approximate surface area is 122 Å². The van der Waals surface area contributed by atoms with E-state index >= 15 is 0 Å². The molecule has 2 aromatic carbocycles. The standard InChI is InChI=1S/C13H7ClFNO5/c14-7-4-5-11(10(6-7)16(19)20)21-12-8(13(17)18)2-1-3-9(12)15/h1-6H,(H,17,18). The maximum Gasteiger partial charge on any atom is 0.339 e. The number of hydrogen-bond donors (Lipinski definition) is 1. The molecule has 0 atom stereocenters. The van der Waals surface area contributed by atoms with Crippen LogP contribution in [-0.2, 0) is 0 Å². The van der Waals surface area contributed by atoms with Gasteiger partial charge in [-0.05, 0) is 24.3 Å². The number of carboxylic acid groups (broad SMARTS) is 1. The van der Waals surface area contributed by atoms with Gasteiger partial charge >= 0.3 is 11.7 Å². The van der Waals surface area contributed by atoms with Crippen molar-refractivity contribution in [3.05, 3.63) is 62.9 Å². The number of carbonyl (C=O) groups is 1. The lowest BCUT2D eigenvalue weighted by molar-refractivity contribution is -0.385. The van der Waals surface area contributed by atoms with Crippen LogP contribution in [0.4, 0.5) is 10.1 Å². The Kier molecular flexibility index (Phi) is 4.04. The van der Waals surface area contributed by atoms with Crippen LogP contribution in [0.25, 0.3) is 0 Å². The van der Waals surface area contributed by atoms with Gasteiger partial charge in [0.1, 0.15) is 5.56 Å². The maximum absolute atomic E-state index is 13.7. The normalized spacial score (nSPS) is 10.2. The number of para-hydroxylation sites is 1. The Balaban J connectivity index is 2.53. The number of nitro groups is 1. The summed E-state index contributed by atoms with van der Waals surface area (Å²) in [7, 11) is 0. The first-order chi connectivity index (χ1) is 9.90. The number of aromatic carboxylic acids is 1. The molecule has 1 N–H and O–H groups in total. The number of halogens is 2. The molecule has 0 aliphatic heterocycles. The monoisotopic (exact) mass is 311 g/mol. The molecule has 2 aromatic rings. The molecular weight excluding hydrogens is 305 g/mol. The van der Waals surface area contributed by atoms with Crippen LogP contribution >= 0.6 is 11.6 Å². The summed E-state index contributed by atoms with van der Waals surface area (Å²) in [6.07, 6.45) is 0. The van der Waals surface area contributed by atoms with E-state index in [2.05, 4.69) is 0 Å². The highest BCUT2D eigenvalue weighted by Crippen LogP contribution is 2.36. The van der Waals surface area contributed by atoms with Gasteiger partial charge in [-0.25, -0.2) is 9.18 Å². The Morgan fingerprint density at radius 1 is 1.33 bits per heavy atom. The number of ether oxygens (including phenoxy) is 1. The maximum atomic E-state index is 13.7. The van der Waals surface area contributed by atoms with Crippen LogP contribution in [0.5, 0.6) is 11.5 Å². The van der Waals surface area contributed by atoms with Crippen molar-refractivity contribution < 1.29 is 24.0 Å². The van der Waals surface area contributed by atoms with Crippen LogP contribution in [-0.4, -0.2) is 16.0 Å². The van der Waals surface area contributed by atoms with Crippen LogP contribution in [0.3, 0.4) is 0 Å². The predicted molar refractivity (Wildman–Crippen MR) is 71.5 cm³/mol. The van der Waals surface area contributed by atoms with Gasteiger partial charge in [0.25, 0.3) is 0 Å². The molecule has 0 bridgehead atoms. The molecule has 0 saturated carbocycles. The van der Waals surface area contributed by atoms with Crippen molar-refractivity contribution in [1.29, 1.82) is 0 Å². The van der Waals surface area contributed by atoms with Gasteiger partial charge in [0.05, 0.1) is 4.92 Å². The second kappa shape index (κ2) is 5.76. The zero-order chi connectivity index (χ0) is 15.6. The Hall–Kier alpha value is -2.67. The molecule has 108 valence electrons. The molecule has 6 nitrogen and oxygen atoms in total. The van der Waals surface area contributed by atoms with Crippen LogP contribution in [0.15, 0.2) is 36.4 Å². The molecule has 0 aliphatic rings. The summed E-state index contributed by atoms with van der Waals surface area (Å²) >= 11 is 5.65. The minimum absolute atomic E-state index is 0.0982. The molecule has 0 radical (unpaired) electrons. The summed E-state index contributed by atoms with van der Waals surface area (Å²) in [5.74, 6) is -3.27. The average Bonchev–Trinajstić information content (AvgIpc) is 2.42. The zero-order valence-electron chi connectivity index (χ0n) is 10.2. The van der Waals surface area contributed by atoms with E-state index in [4.69, 9.17) is 21.4 Å². The van der Waals surface area contributed by atoms with Crippen LogP contribution in [0, 0.1) is 15.9 Å². The lowest BCUT2D eigenvalue weighted by atomic mass is 10.2. The first kappa shape index (κ1) is 14.7. The van der Waals surface area contributed by atoms with Crippen molar-refractivity contribution in [3.63, 3.8) is 0 Å². The minimum atomic E-state index is -1.42. The highest BCUT2D eigenvalue weighted by Gasteiger charge is 2.21. The summed E-state index contributed by atoms with van der Waals surface area (Å²) in [6, 6.07) is 6.82. The van der Waals surface area contributed by atoms with Crippen molar-refractivity contribution in [2.24, 2.45) is 0 Å². The van der Waals surface area contributed by atoms with Gasteiger partial charge in [-0.2, -0.15) is 0 Å². The molecule has 0 aliphatic carbocycles. The van der Waals surface area contributed by atoms with Gasteiger partial charge in [0.2, 0.25) is 5.75 Å². The van der Waals surface area contributed by atoms with Gasteiger partial charge in [-0.1, -0.05) is 17.7 Å². The molecule has 0 saturated heterocycles. The van der Waals surface area contributed by atoms with E-state index < -0.39 is 33.7 Å². The Bertz CT molecular complexity index is 734. The third-order valence-corrected chi connectivity index (χ3v) is 2.76. The fourth-order valence-corrected chi connectivity index (χ4v) is 1.78. The van der Waals surface area contributed by atoms with Gasteiger partial charge in [-0.3, -0.25) is 10.1 Å². The molecule has 8 heteroatoms. The number of nitrogens with zero attached hydrogens (tertiary/aromatic N) is 1. The second-order valence-corrected chi connectivity index (χ2v) is 4.33. The van der Waals surface area contributed by atoms with Gasteiger partial charge in [-0.15, -0.1) is 0 Å². The van der Waals surface area contributed by atoms with E-state index in [0.29, 0.717) is 0 Å². The van der Waals surface area contributed by atoms with E-state index in [0.717, 1.165) is 18.2 Å². The van der Waals surface area contributed by atoms with Crippen LogP contribution in [0.2, 0.25) is 5.02 Å². The van der Waals surface area contributed by atoms with E-state index in [-0.39, 0.29) is 10.8 Å². The minimum Gasteiger partial charge on any atom is -0.478 e. The lowest BCUT2D eigenvalue weighted by Crippen LogP contribution is -2.03. The van der Waals surface area contributed by atoms with Crippen molar-refractivity contribution >= 4 is 23.3 Å². The third kappa shape index (κ3) is 3.09. The van der Waals surface area contributed by atoms with Crippen molar-refractivity contribution in [2.75, 3.05) is 0 Å². The molecule has 21 heavy (non-hydrogen) atoms. The van der Waals surface area contributed by atoms with E-state index in [1.165, 1.54) is 18.2 Å². The van der Waals surface area contributed by atoms with E-state index in [1.807, 2.05) is 0 Å². The van der Waals surface area contributed by atoms with Gasteiger partial charge in [0, 0.05) is 11.1 Å². The summed E-state index contributed by atoms with van der Waals surface area (Å²) in [6.45, 7) is 0. The molecule has 0 heterocycles. The molecule has 0 aromatic heterocycles. The quantitative estimate of drug-likeness (QED) is 0.683. The molecule has 0 amide bonds. The molecule has 0 unspecified atom stereocenters. The third-order valence-electron chi connectivity index (χ3n) is 2.53. The number of hydrogen-bond acceptors (Lipinski definition) is 4. The Morgan fingerprint density at radius 2 is 2.05 bits per heavy atom. The van der Waals surface area contributed by atoms with Crippen molar-refractivity contribution in [2.45, 2.75) is 0 Å². The Morgan fingerprint density at radius 3 is 2.67 bits per heavy atom. The fourth-order valence-electron chi connectivity index (χ4n) is 1.61. The molecular formula is C13H7ClFNO5. The highest BCUT2D eigenvalue weighted by atomic mass is 35.5. The van der Waals surface area contributed by atoms with Crippen molar-refractivity contribution in [3.8, 4) is 11.5 Å². The second-order valence-electron chi connectivity index (χ2n) is 3.89. The molecule has 2 rings (SSSR count). The number of benzene rings is 2. The van der Waals surface area contributed by atoms with E-state index in [9.17, 15) is 19.3 Å². The number of rotatable bonds is 4. The first-order valence-corrected chi connectivity index (χ1v) is 5.91. The fraction of sp³-hybridized carbons (Fsp3) is 0. The van der Waals surface area contributed by atoms with Gasteiger partial charge in [0.15, 0.2) is 11.6 Å². The largest absolute Gasteiger partial charge is 0.478 e. The van der Waals surface area contributed by atoms with Gasteiger partial charge < -0.3 is 9.84 Å². The van der Waals surface area contributed by atoms with Crippen LogP contribution < -0.4 is 4.74 Å². The number of nitro benzene ring substituents is 1. The summed E-state index contributed by atoms with van der Waals surface area (Å²) < 4.78 is 18.8. The zero-order valence-corrected chi connectivity index (χ0v) is 11.0. The predicted octanol–water partition coefficient (Wildman–Crippen LogP) is 3.88. The van der Waals surface area contributed by atoms with E-state index in [1.54, 1.807) is 0 Å².